The molecule has 22 heavy (non-hydrogen) atoms. The van der Waals surface area contributed by atoms with Gasteiger partial charge in [0.2, 0.25) is 0 Å². The number of hydrogen-bond acceptors (Lipinski definition) is 3. The maximum Gasteiger partial charge on any atom is 0.335 e. The number of carboxylic acids is 1. The van der Waals surface area contributed by atoms with Crippen LogP contribution in [0.5, 0.6) is 0 Å². The van der Waals surface area contributed by atoms with E-state index in [1.54, 1.807) is 6.07 Å². The van der Waals surface area contributed by atoms with Crippen LogP contribution in [0.4, 0.5) is 8.78 Å². The third-order valence-electron chi connectivity index (χ3n) is 2.30. The summed E-state index contributed by atoms with van der Waals surface area (Å²) in [5, 5.41) is 16.5. The Labute approximate surface area is 141 Å². The van der Waals surface area contributed by atoms with Gasteiger partial charge in [0, 0.05) is 26.9 Å². The Morgan fingerprint density at radius 1 is 1.18 bits per heavy atom. The minimum Gasteiger partial charge on any atom is -0.479 e. The first-order valence-corrected chi connectivity index (χ1v) is 5.95. The molecular weight excluding hydrogens is 475 g/mol. The van der Waals surface area contributed by atoms with Crippen molar-refractivity contribution in [3.63, 3.8) is 0 Å². The molecule has 0 fully saturated rings. The molecule has 1 aromatic carbocycles. The zero-order chi connectivity index (χ0) is 16.0. The SMILES string of the molecule is CC(C)(O)C(=O)O.Fc1c[c-]c(-c2ccc(F)cn2)cc1.[Pt]. The van der Waals surface area contributed by atoms with E-state index >= 15 is 0 Å². The fraction of sp³-hybridized carbons (Fsp3) is 0.200. The normalized spacial score (nSPS) is 10.0. The Morgan fingerprint density at radius 2 is 1.73 bits per heavy atom. The molecule has 2 aromatic rings. The van der Waals surface area contributed by atoms with Crippen LogP contribution in [-0.4, -0.2) is 26.8 Å². The number of nitrogens with zero attached hydrogens (tertiary/aromatic N) is 1. The van der Waals surface area contributed by atoms with E-state index in [4.69, 9.17) is 10.2 Å². The maximum atomic E-state index is 12.6. The summed E-state index contributed by atoms with van der Waals surface area (Å²) in [5.74, 6) is -1.95. The molecule has 4 nitrogen and oxygen atoms in total. The Hall–Kier alpha value is -1.65. The van der Waals surface area contributed by atoms with E-state index < -0.39 is 17.4 Å². The molecular formula is C15H14F2NO3Pt-. The summed E-state index contributed by atoms with van der Waals surface area (Å²) < 4.78 is 25.1. The summed E-state index contributed by atoms with van der Waals surface area (Å²) in [4.78, 5) is 13.6. The fourth-order valence-electron chi connectivity index (χ4n) is 1.10. The molecule has 1 aromatic heterocycles. The average molecular weight is 489 g/mol. The topological polar surface area (TPSA) is 70.4 Å². The van der Waals surface area contributed by atoms with E-state index in [9.17, 15) is 13.6 Å². The smallest absolute Gasteiger partial charge is 0.335 e. The molecule has 122 valence electrons. The molecule has 0 unspecified atom stereocenters. The summed E-state index contributed by atoms with van der Waals surface area (Å²) in [5.41, 5.74) is -0.363. The van der Waals surface area contributed by atoms with Gasteiger partial charge in [-0.05, 0) is 25.6 Å². The number of aliphatic carboxylic acids is 1. The Bertz CT molecular complexity index is 552. The van der Waals surface area contributed by atoms with Gasteiger partial charge >= 0.3 is 5.97 Å². The molecule has 2 N–H and O–H groups in total. The molecule has 1 heterocycles. The summed E-state index contributed by atoms with van der Waals surface area (Å²) in [6.07, 6.45) is 1.12. The largest absolute Gasteiger partial charge is 0.479 e. The minimum atomic E-state index is -1.58. The molecule has 7 heteroatoms. The van der Waals surface area contributed by atoms with Crippen LogP contribution in [0.3, 0.4) is 0 Å². The van der Waals surface area contributed by atoms with Crippen LogP contribution in [0.2, 0.25) is 0 Å². The van der Waals surface area contributed by atoms with Crippen LogP contribution in [0.25, 0.3) is 11.3 Å². The minimum absolute atomic E-state index is 0. The molecule has 0 saturated carbocycles. The Kier molecular flexibility index (Phi) is 8.06. The van der Waals surface area contributed by atoms with Crippen molar-refractivity contribution < 1.29 is 44.9 Å². The second-order valence-electron chi connectivity index (χ2n) is 4.65. The van der Waals surface area contributed by atoms with Gasteiger partial charge in [-0.3, -0.25) is 4.39 Å². The Morgan fingerprint density at radius 3 is 2.09 bits per heavy atom. The van der Waals surface area contributed by atoms with Crippen molar-refractivity contribution in [2.24, 2.45) is 0 Å². The molecule has 0 atom stereocenters. The van der Waals surface area contributed by atoms with Gasteiger partial charge in [-0.15, -0.1) is 29.8 Å². The van der Waals surface area contributed by atoms with E-state index in [0.717, 1.165) is 6.20 Å². The van der Waals surface area contributed by atoms with E-state index in [0.29, 0.717) is 11.3 Å². The molecule has 0 aliphatic heterocycles. The number of hydrogen-bond donors (Lipinski definition) is 2. The molecule has 0 spiro atoms. The fourth-order valence-corrected chi connectivity index (χ4v) is 1.10. The third-order valence-corrected chi connectivity index (χ3v) is 2.30. The summed E-state index contributed by atoms with van der Waals surface area (Å²) in [7, 11) is 0. The molecule has 0 aliphatic rings. The van der Waals surface area contributed by atoms with Crippen LogP contribution in [-0.2, 0) is 25.9 Å². The van der Waals surface area contributed by atoms with Crippen LogP contribution >= 0.6 is 0 Å². The van der Waals surface area contributed by atoms with E-state index in [1.807, 2.05) is 0 Å². The average Bonchev–Trinajstić information content (AvgIpc) is 2.40. The predicted molar refractivity (Wildman–Crippen MR) is 72.4 cm³/mol. The van der Waals surface area contributed by atoms with Crippen molar-refractivity contribution in [1.82, 2.24) is 4.98 Å². The van der Waals surface area contributed by atoms with Crippen molar-refractivity contribution in [3.05, 3.63) is 54.2 Å². The van der Waals surface area contributed by atoms with Gasteiger partial charge in [0.25, 0.3) is 0 Å². The number of carbonyl (C=O) groups is 1. The molecule has 0 saturated heterocycles. The number of aromatic nitrogens is 1. The monoisotopic (exact) mass is 489 g/mol. The summed E-state index contributed by atoms with van der Waals surface area (Å²) in [6, 6.07) is 9.63. The van der Waals surface area contributed by atoms with Crippen LogP contribution in [0.15, 0.2) is 36.5 Å². The first kappa shape index (κ1) is 20.3. The van der Waals surface area contributed by atoms with Gasteiger partial charge < -0.3 is 15.2 Å². The van der Waals surface area contributed by atoms with E-state index in [1.165, 1.54) is 38.1 Å². The molecule has 0 bridgehead atoms. The van der Waals surface area contributed by atoms with Gasteiger partial charge in [-0.25, -0.2) is 9.18 Å². The standard InChI is InChI=1S/C11H6F2N.C4H8O3.Pt/c12-9-3-1-8(2-4-9)11-6-5-10(13)7-14-11;1-4(2,7)3(5)6;/h1,3-7H;7H,1-2H3,(H,5,6);/q-1;;. The number of carboxylic acid groups (broad SMARTS) is 1. The zero-order valence-corrected chi connectivity index (χ0v) is 14.1. The Balaban J connectivity index is 0.000000478. The van der Waals surface area contributed by atoms with Crippen LogP contribution in [0.1, 0.15) is 13.8 Å². The summed E-state index contributed by atoms with van der Waals surface area (Å²) >= 11 is 0. The van der Waals surface area contributed by atoms with Crippen LogP contribution in [0, 0.1) is 17.7 Å². The number of pyridine rings is 1. The first-order valence-electron chi connectivity index (χ1n) is 5.95. The van der Waals surface area contributed by atoms with E-state index in [2.05, 4.69) is 11.1 Å². The quantitative estimate of drug-likeness (QED) is 0.637. The molecule has 0 radical (unpaired) electrons. The van der Waals surface area contributed by atoms with Gasteiger partial charge in [0.15, 0.2) is 5.60 Å². The van der Waals surface area contributed by atoms with Gasteiger partial charge in [-0.1, -0.05) is 6.07 Å². The van der Waals surface area contributed by atoms with Crippen molar-refractivity contribution in [2.75, 3.05) is 0 Å². The van der Waals surface area contributed by atoms with Gasteiger partial charge in [0.1, 0.15) is 5.82 Å². The van der Waals surface area contributed by atoms with Gasteiger partial charge in [0.05, 0.1) is 6.20 Å². The first-order chi connectivity index (χ1) is 9.70. The summed E-state index contributed by atoms with van der Waals surface area (Å²) in [6.45, 7) is 2.44. The van der Waals surface area contributed by atoms with Crippen molar-refractivity contribution >= 4 is 5.97 Å². The molecule has 0 amide bonds. The molecule has 0 aliphatic carbocycles. The van der Waals surface area contributed by atoms with Crippen LogP contribution < -0.4 is 0 Å². The van der Waals surface area contributed by atoms with E-state index in [-0.39, 0.29) is 26.9 Å². The third kappa shape index (κ3) is 6.87. The zero-order valence-electron chi connectivity index (χ0n) is 11.8. The number of halogens is 2. The number of benzene rings is 1. The van der Waals surface area contributed by atoms with Crippen molar-refractivity contribution in [3.8, 4) is 11.3 Å². The van der Waals surface area contributed by atoms with Gasteiger partial charge in [-0.2, -0.15) is 0 Å². The van der Waals surface area contributed by atoms with Crippen molar-refractivity contribution in [1.29, 1.82) is 0 Å². The maximum absolute atomic E-state index is 12.6. The number of rotatable bonds is 2. The second-order valence-corrected chi connectivity index (χ2v) is 4.65. The second kappa shape index (κ2) is 8.71. The predicted octanol–water partition coefficient (Wildman–Crippen LogP) is 2.67. The molecule has 2 rings (SSSR count). The van der Waals surface area contributed by atoms with Crippen molar-refractivity contribution in [2.45, 2.75) is 19.4 Å². The number of aliphatic hydroxyl groups is 1.